The van der Waals surface area contributed by atoms with E-state index in [0.29, 0.717) is 12.0 Å². The Labute approximate surface area is 149 Å². The van der Waals surface area contributed by atoms with E-state index < -0.39 is 0 Å². The lowest BCUT2D eigenvalue weighted by molar-refractivity contribution is 0.0671. The lowest BCUT2D eigenvalue weighted by Crippen LogP contribution is -2.40. The fraction of sp³-hybridized carbons (Fsp3) is 0.588. The molecule has 1 fully saturated rings. The van der Waals surface area contributed by atoms with Crippen molar-refractivity contribution in [1.29, 1.82) is 0 Å². The van der Waals surface area contributed by atoms with Gasteiger partial charge < -0.3 is 4.90 Å². The van der Waals surface area contributed by atoms with E-state index in [1.54, 1.807) is 0 Å². The maximum atomic E-state index is 13.0. The molecule has 0 saturated heterocycles. The molecule has 0 aliphatic heterocycles. The van der Waals surface area contributed by atoms with Crippen molar-refractivity contribution in [3.05, 3.63) is 31.8 Å². The van der Waals surface area contributed by atoms with E-state index in [2.05, 4.69) is 57.3 Å². The highest BCUT2D eigenvalue weighted by atomic mass is 127. The molecule has 1 aliphatic rings. The Balaban J connectivity index is 2.21. The molecule has 0 radical (unpaired) electrons. The minimum Gasteiger partial charge on any atom is -0.336 e. The first kappa shape index (κ1) is 17.3. The van der Waals surface area contributed by atoms with Gasteiger partial charge in [0.05, 0.1) is 5.56 Å². The molecule has 1 saturated carbocycles. The van der Waals surface area contributed by atoms with Crippen molar-refractivity contribution < 1.29 is 4.79 Å². The Morgan fingerprint density at radius 2 is 2.05 bits per heavy atom. The number of carbonyl (C=O) groups is 1. The zero-order valence-electron chi connectivity index (χ0n) is 12.7. The molecule has 1 amide bonds. The number of amides is 1. The van der Waals surface area contributed by atoms with Crippen molar-refractivity contribution in [3.8, 4) is 0 Å². The number of halogens is 2. The van der Waals surface area contributed by atoms with E-state index in [4.69, 9.17) is 0 Å². The van der Waals surface area contributed by atoms with Crippen molar-refractivity contribution in [3.63, 3.8) is 0 Å². The molecule has 0 atom stereocenters. The Morgan fingerprint density at radius 1 is 1.38 bits per heavy atom. The molecular formula is C17H23BrINO. The fourth-order valence-corrected chi connectivity index (χ4v) is 3.79. The quantitative estimate of drug-likeness (QED) is 0.529. The van der Waals surface area contributed by atoms with Crippen LogP contribution in [0.4, 0.5) is 0 Å². The van der Waals surface area contributed by atoms with Crippen LogP contribution in [0.15, 0.2) is 22.7 Å². The first-order valence-corrected chi connectivity index (χ1v) is 9.62. The first-order valence-electron chi connectivity index (χ1n) is 7.75. The van der Waals surface area contributed by atoms with Crippen LogP contribution in [0.3, 0.4) is 0 Å². The fourth-order valence-electron chi connectivity index (χ4n) is 2.88. The minimum atomic E-state index is 0.188. The predicted molar refractivity (Wildman–Crippen MR) is 99.6 cm³/mol. The van der Waals surface area contributed by atoms with Crippen LogP contribution in [0, 0.1) is 9.49 Å². The smallest absolute Gasteiger partial charge is 0.255 e. The van der Waals surface area contributed by atoms with E-state index in [0.717, 1.165) is 39.4 Å². The highest BCUT2D eigenvalue weighted by molar-refractivity contribution is 14.1. The third-order valence-corrected chi connectivity index (χ3v) is 5.49. The van der Waals surface area contributed by atoms with Crippen molar-refractivity contribution in [1.82, 2.24) is 4.90 Å². The molecule has 21 heavy (non-hydrogen) atoms. The van der Waals surface area contributed by atoms with Gasteiger partial charge in [-0.3, -0.25) is 4.79 Å². The number of nitrogens with zero attached hydrogens (tertiary/aromatic N) is 1. The standard InChI is InChI=1S/C17H23BrINO/c1-12(2)9-10-20(14-5-3-4-6-14)17(21)15-11-13(19)7-8-16(15)18/h7-8,11-12,14H,3-6,9-10H2,1-2H3. The summed E-state index contributed by atoms with van der Waals surface area (Å²) in [5.41, 5.74) is 0.803. The maximum Gasteiger partial charge on any atom is 0.255 e. The van der Waals surface area contributed by atoms with Gasteiger partial charge in [0, 0.05) is 20.6 Å². The van der Waals surface area contributed by atoms with Gasteiger partial charge >= 0.3 is 0 Å². The Bertz CT molecular complexity index is 498. The molecule has 0 N–H and O–H groups in total. The second kappa shape index (κ2) is 7.95. The Kier molecular flexibility index (Phi) is 6.53. The van der Waals surface area contributed by atoms with Gasteiger partial charge in [-0.1, -0.05) is 26.7 Å². The summed E-state index contributed by atoms with van der Waals surface area (Å²) < 4.78 is 2.01. The third-order valence-electron chi connectivity index (χ3n) is 4.13. The van der Waals surface area contributed by atoms with Gasteiger partial charge in [-0.05, 0) is 81.9 Å². The zero-order chi connectivity index (χ0) is 15.4. The van der Waals surface area contributed by atoms with Gasteiger partial charge in [0.1, 0.15) is 0 Å². The van der Waals surface area contributed by atoms with Crippen LogP contribution in [0.25, 0.3) is 0 Å². The Hall–Kier alpha value is -0.100. The van der Waals surface area contributed by atoms with Gasteiger partial charge in [-0.25, -0.2) is 0 Å². The van der Waals surface area contributed by atoms with Crippen molar-refractivity contribution in [2.75, 3.05) is 6.54 Å². The largest absolute Gasteiger partial charge is 0.336 e. The topological polar surface area (TPSA) is 20.3 Å². The van der Waals surface area contributed by atoms with E-state index in [1.165, 1.54) is 12.8 Å². The van der Waals surface area contributed by atoms with Gasteiger partial charge in [0.25, 0.3) is 5.91 Å². The van der Waals surface area contributed by atoms with Crippen LogP contribution in [0.2, 0.25) is 0 Å². The molecule has 1 aromatic rings. The highest BCUT2D eigenvalue weighted by Gasteiger charge is 2.28. The number of rotatable bonds is 5. The first-order chi connectivity index (χ1) is 9.99. The van der Waals surface area contributed by atoms with Gasteiger partial charge in [0.15, 0.2) is 0 Å². The lowest BCUT2D eigenvalue weighted by atomic mass is 10.1. The van der Waals surface area contributed by atoms with Crippen molar-refractivity contribution in [2.24, 2.45) is 5.92 Å². The monoisotopic (exact) mass is 463 g/mol. The lowest BCUT2D eigenvalue weighted by Gasteiger charge is -2.30. The molecular weight excluding hydrogens is 441 g/mol. The number of hydrogen-bond acceptors (Lipinski definition) is 1. The second-order valence-corrected chi connectivity index (χ2v) is 8.34. The SMILES string of the molecule is CC(C)CCN(C(=O)c1cc(I)ccc1Br)C1CCCC1. The molecule has 1 aliphatic carbocycles. The van der Waals surface area contributed by atoms with Crippen LogP contribution in [-0.2, 0) is 0 Å². The van der Waals surface area contributed by atoms with E-state index in [9.17, 15) is 4.79 Å². The summed E-state index contributed by atoms with van der Waals surface area (Å²) in [6.07, 6.45) is 5.90. The minimum absolute atomic E-state index is 0.188. The number of benzene rings is 1. The van der Waals surface area contributed by atoms with E-state index in [-0.39, 0.29) is 5.91 Å². The van der Waals surface area contributed by atoms with Gasteiger partial charge in [-0.2, -0.15) is 0 Å². The summed E-state index contributed by atoms with van der Waals surface area (Å²) in [5, 5.41) is 0. The highest BCUT2D eigenvalue weighted by Crippen LogP contribution is 2.28. The van der Waals surface area contributed by atoms with Crippen LogP contribution in [0.5, 0.6) is 0 Å². The van der Waals surface area contributed by atoms with Crippen molar-refractivity contribution in [2.45, 2.75) is 52.0 Å². The molecule has 1 aromatic carbocycles. The average molecular weight is 464 g/mol. The molecule has 0 unspecified atom stereocenters. The Morgan fingerprint density at radius 3 is 2.67 bits per heavy atom. The maximum absolute atomic E-state index is 13.0. The summed E-state index contributed by atoms with van der Waals surface area (Å²) in [6.45, 7) is 5.32. The van der Waals surface area contributed by atoms with Crippen LogP contribution in [-0.4, -0.2) is 23.4 Å². The van der Waals surface area contributed by atoms with Gasteiger partial charge in [0.2, 0.25) is 0 Å². The summed E-state index contributed by atoms with van der Waals surface area (Å²) in [7, 11) is 0. The molecule has 0 heterocycles. The molecule has 0 bridgehead atoms. The van der Waals surface area contributed by atoms with Crippen LogP contribution in [0.1, 0.15) is 56.3 Å². The normalized spacial score (nSPS) is 15.7. The predicted octanol–water partition coefficient (Wildman–Crippen LogP) is 5.48. The summed E-state index contributed by atoms with van der Waals surface area (Å²) in [6, 6.07) is 6.42. The average Bonchev–Trinajstić information content (AvgIpc) is 2.95. The van der Waals surface area contributed by atoms with Gasteiger partial charge in [-0.15, -0.1) is 0 Å². The second-order valence-electron chi connectivity index (χ2n) is 6.24. The summed E-state index contributed by atoms with van der Waals surface area (Å²) in [4.78, 5) is 15.1. The zero-order valence-corrected chi connectivity index (χ0v) is 16.5. The summed E-state index contributed by atoms with van der Waals surface area (Å²) in [5.74, 6) is 0.814. The van der Waals surface area contributed by atoms with Crippen LogP contribution < -0.4 is 0 Å². The van der Waals surface area contributed by atoms with E-state index >= 15 is 0 Å². The number of carbonyl (C=O) groups excluding carboxylic acids is 1. The van der Waals surface area contributed by atoms with E-state index in [1.807, 2.05) is 18.2 Å². The molecule has 4 heteroatoms. The molecule has 116 valence electrons. The van der Waals surface area contributed by atoms with Crippen molar-refractivity contribution >= 4 is 44.4 Å². The molecule has 0 aromatic heterocycles. The summed E-state index contributed by atoms with van der Waals surface area (Å²) >= 11 is 5.80. The third kappa shape index (κ3) is 4.68. The molecule has 2 rings (SSSR count). The molecule has 0 spiro atoms. The van der Waals surface area contributed by atoms with Crippen LogP contribution >= 0.6 is 38.5 Å². The molecule has 2 nitrogen and oxygen atoms in total. The number of hydrogen-bond donors (Lipinski definition) is 0.